The minimum absolute atomic E-state index is 0.0929. The number of hydrogen-bond donors (Lipinski definition) is 0. The van der Waals surface area contributed by atoms with E-state index < -0.39 is 0 Å². The van der Waals surface area contributed by atoms with Crippen molar-refractivity contribution in [2.75, 3.05) is 26.2 Å². The molecule has 0 saturated carbocycles. The van der Waals surface area contributed by atoms with Gasteiger partial charge in [0.1, 0.15) is 5.82 Å². The Labute approximate surface area is 163 Å². The molecule has 1 fully saturated rings. The summed E-state index contributed by atoms with van der Waals surface area (Å²) in [5, 5.41) is 8.06. The highest BCUT2D eigenvalue weighted by atomic mass is 19.1. The van der Waals surface area contributed by atoms with E-state index in [9.17, 15) is 9.18 Å². The molecule has 144 valence electrons. The molecule has 6 nitrogen and oxygen atoms in total. The molecule has 0 spiro atoms. The van der Waals surface area contributed by atoms with Gasteiger partial charge in [0.25, 0.3) is 5.91 Å². The van der Waals surface area contributed by atoms with Crippen molar-refractivity contribution in [1.29, 1.82) is 0 Å². The predicted molar refractivity (Wildman–Crippen MR) is 103 cm³/mol. The number of amides is 1. The summed E-state index contributed by atoms with van der Waals surface area (Å²) >= 11 is 0. The Morgan fingerprint density at radius 2 is 1.57 bits per heavy atom. The van der Waals surface area contributed by atoms with Crippen molar-refractivity contribution in [1.82, 2.24) is 24.8 Å². The van der Waals surface area contributed by atoms with Gasteiger partial charge in [-0.1, -0.05) is 47.7 Å². The first-order valence-electron chi connectivity index (χ1n) is 9.37. The molecule has 1 aliphatic heterocycles. The fourth-order valence-electron chi connectivity index (χ4n) is 3.36. The van der Waals surface area contributed by atoms with Gasteiger partial charge in [0.05, 0.1) is 12.7 Å². The molecule has 0 radical (unpaired) electrons. The molecule has 1 saturated heterocycles. The van der Waals surface area contributed by atoms with E-state index in [1.807, 2.05) is 23.1 Å². The number of piperazine rings is 1. The Balaban J connectivity index is 1.31. The number of nitrogens with zero attached hydrogens (tertiary/aromatic N) is 5. The van der Waals surface area contributed by atoms with Crippen LogP contribution in [0.3, 0.4) is 0 Å². The Kier molecular flexibility index (Phi) is 5.43. The van der Waals surface area contributed by atoms with E-state index in [1.54, 1.807) is 23.0 Å². The van der Waals surface area contributed by atoms with Gasteiger partial charge in [0.2, 0.25) is 0 Å². The number of aromatic nitrogens is 3. The average Bonchev–Trinajstić information content (AvgIpc) is 3.19. The van der Waals surface area contributed by atoms with Crippen LogP contribution in [0, 0.1) is 5.82 Å². The highest BCUT2D eigenvalue weighted by Gasteiger charge is 2.24. The van der Waals surface area contributed by atoms with Crippen LogP contribution in [0.4, 0.5) is 4.39 Å². The number of hydrogen-bond acceptors (Lipinski definition) is 4. The highest BCUT2D eigenvalue weighted by molar-refractivity contribution is 5.92. The minimum atomic E-state index is -0.274. The highest BCUT2D eigenvalue weighted by Crippen LogP contribution is 2.11. The molecule has 28 heavy (non-hydrogen) atoms. The second kappa shape index (κ2) is 8.31. The zero-order valence-corrected chi connectivity index (χ0v) is 15.5. The van der Waals surface area contributed by atoms with Crippen molar-refractivity contribution in [3.8, 4) is 0 Å². The van der Waals surface area contributed by atoms with Crippen LogP contribution in [0.5, 0.6) is 0 Å². The normalized spacial score (nSPS) is 15.0. The van der Waals surface area contributed by atoms with Crippen molar-refractivity contribution in [2.45, 2.75) is 13.1 Å². The molecule has 7 heteroatoms. The lowest BCUT2D eigenvalue weighted by molar-refractivity contribution is 0.0622. The second-order valence-corrected chi connectivity index (χ2v) is 6.98. The van der Waals surface area contributed by atoms with E-state index in [0.717, 1.165) is 25.2 Å². The standard InChI is InChI=1S/C21H22FN5O/c22-19-8-6-18(7-9-19)15-27-16-20(23-24-27)21(28)26-12-10-25(11-13-26)14-17-4-2-1-3-5-17/h1-9,16H,10-15H2. The molecular formula is C21H22FN5O. The maximum absolute atomic E-state index is 13.0. The van der Waals surface area contributed by atoms with Gasteiger partial charge in [-0.3, -0.25) is 9.69 Å². The van der Waals surface area contributed by atoms with Gasteiger partial charge in [-0.2, -0.15) is 0 Å². The third-order valence-corrected chi connectivity index (χ3v) is 4.92. The summed E-state index contributed by atoms with van der Waals surface area (Å²) in [5.74, 6) is -0.366. The molecule has 0 aliphatic carbocycles. The molecule has 2 heterocycles. The molecule has 0 unspecified atom stereocenters. The van der Waals surface area contributed by atoms with Gasteiger partial charge < -0.3 is 4.90 Å². The first-order chi connectivity index (χ1) is 13.7. The van der Waals surface area contributed by atoms with Crippen LogP contribution in [-0.2, 0) is 13.1 Å². The number of benzene rings is 2. The lowest BCUT2D eigenvalue weighted by Gasteiger charge is -2.34. The lowest BCUT2D eigenvalue weighted by atomic mass is 10.2. The maximum Gasteiger partial charge on any atom is 0.276 e. The van der Waals surface area contributed by atoms with Gasteiger partial charge in [0.15, 0.2) is 5.69 Å². The van der Waals surface area contributed by atoms with Gasteiger partial charge in [-0.05, 0) is 23.3 Å². The summed E-state index contributed by atoms with van der Waals surface area (Å²) in [5.41, 5.74) is 2.53. The van der Waals surface area contributed by atoms with Crippen LogP contribution in [0.25, 0.3) is 0 Å². The fraction of sp³-hybridized carbons (Fsp3) is 0.286. The van der Waals surface area contributed by atoms with Crippen LogP contribution in [-0.4, -0.2) is 56.9 Å². The molecule has 1 amide bonds. The third-order valence-electron chi connectivity index (χ3n) is 4.92. The molecule has 2 aromatic carbocycles. The fourth-order valence-corrected chi connectivity index (χ4v) is 3.36. The summed E-state index contributed by atoms with van der Waals surface area (Å²) in [7, 11) is 0. The van der Waals surface area contributed by atoms with Gasteiger partial charge in [-0.25, -0.2) is 9.07 Å². The van der Waals surface area contributed by atoms with E-state index in [2.05, 4.69) is 27.3 Å². The van der Waals surface area contributed by atoms with Crippen molar-refractivity contribution < 1.29 is 9.18 Å². The molecule has 0 bridgehead atoms. The summed E-state index contributed by atoms with van der Waals surface area (Å²) < 4.78 is 14.6. The average molecular weight is 379 g/mol. The van der Waals surface area contributed by atoms with Crippen LogP contribution in [0.2, 0.25) is 0 Å². The Bertz CT molecular complexity index is 917. The molecular weight excluding hydrogens is 357 g/mol. The van der Waals surface area contributed by atoms with Crippen molar-refractivity contribution in [3.05, 3.63) is 83.4 Å². The van der Waals surface area contributed by atoms with Crippen molar-refractivity contribution in [2.24, 2.45) is 0 Å². The largest absolute Gasteiger partial charge is 0.335 e. The van der Waals surface area contributed by atoms with Gasteiger partial charge in [0, 0.05) is 32.7 Å². The van der Waals surface area contributed by atoms with Crippen molar-refractivity contribution >= 4 is 5.91 Å². The molecule has 0 N–H and O–H groups in total. The van der Waals surface area contributed by atoms with Crippen LogP contribution in [0.1, 0.15) is 21.6 Å². The molecule has 1 aliphatic rings. The van der Waals surface area contributed by atoms with E-state index in [4.69, 9.17) is 0 Å². The summed E-state index contributed by atoms with van der Waals surface area (Å²) in [6.45, 7) is 4.38. The van der Waals surface area contributed by atoms with E-state index in [1.165, 1.54) is 17.7 Å². The van der Waals surface area contributed by atoms with E-state index >= 15 is 0 Å². The Morgan fingerprint density at radius 1 is 0.893 bits per heavy atom. The number of carbonyl (C=O) groups excluding carboxylic acids is 1. The predicted octanol–water partition coefficient (Wildman–Crippen LogP) is 2.42. The Hall–Kier alpha value is -3.06. The quantitative estimate of drug-likeness (QED) is 0.683. The van der Waals surface area contributed by atoms with Crippen molar-refractivity contribution in [3.63, 3.8) is 0 Å². The van der Waals surface area contributed by atoms with E-state index in [0.29, 0.717) is 25.3 Å². The van der Waals surface area contributed by atoms with E-state index in [-0.39, 0.29) is 11.7 Å². The maximum atomic E-state index is 13.0. The zero-order chi connectivity index (χ0) is 19.3. The second-order valence-electron chi connectivity index (χ2n) is 6.98. The first-order valence-corrected chi connectivity index (χ1v) is 9.37. The molecule has 3 aromatic rings. The summed E-state index contributed by atoms with van der Waals surface area (Å²) in [6, 6.07) is 16.6. The molecule has 0 atom stereocenters. The SMILES string of the molecule is O=C(c1cn(Cc2ccc(F)cc2)nn1)N1CCN(Cc2ccccc2)CC1. The van der Waals surface area contributed by atoms with Crippen LogP contribution < -0.4 is 0 Å². The Morgan fingerprint density at radius 3 is 2.29 bits per heavy atom. The monoisotopic (exact) mass is 379 g/mol. The minimum Gasteiger partial charge on any atom is -0.335 e. The zero-order valence-electron chi connectivity index (χ0n) is 15.5. The summed E-state index contributed by atoms with van der Waals surface area (Å²) in [4.78, 5) is 16.9. The summed E-state index contributed by atoms with van der Waals surface area (Å²) in [6.07, 6.45) is 1.65. The molecule has 4 rings (SSSR count). The first kappa shape index (κ1) is 18.3. The topological polar surface area (TPSA) is 54.3 Å². The smallest absolute Gasteiger partial charge is 0.276 e. The lowest BCUT2D eigenvalue weighted by Crippen LogP contribution is -2.48. The molecule has 1 aromatic heterocycles. The van der Waals surface area contributed by atoms with Gasteiger partial charge in [-0.15, -0.1) is 5.10 Å². The van der Waals surface area contributed by atoms with Crippen LogP contribution in [0.15, 0.2) is 60.8 Å². The third kappa shape index (κ3) is 4.43. The van der Waals surface area contributed by atoms with Gasteiger partial charge >= 0.3 is 0 Å². The number of rotatable bonds is 5. The number of carbonyl (C=O) groups is 1. The number of halogens is 1. The van der Waals surface area contributed by atoms with Crippen LogP contribution >= 0.6 is 0 Å².